The van der Waals surface area contributed by atoms with Gasteiger partial charge in [0.1, 0.15) is 10.8 Å². The average Bonchev–Trinajstić information content (AvgIpc) is 3.45. The standard InChI is InChI=1S/C23H31N3O2S/c1-28-21-9-7-19(8-10-21)23-24-20(17-29-23)16-25-12-14-26(15-13-25)22(27)11-6-18-4-2-3-5-18/h7-10,17-18H,2-6,11-16H2,1H3. The van der Waals surface area contributed by atoms with E-state index in [9.17, 15) is 4.79 Å². The fourth-order valence-electron chi connectivity index (χ4n) is 4.42. The Morgan fingerprint density at radius 1 is 1.14 bits per heavy atom. The first-order chi connectivity index (χ1) is 14.2. The van der Waals surface area contributed by atoms with Crippen LogP contribution in [0.1, 0.15) is 44.2 Å². The van der Waals surface area contributed by atoms with Crippen molar-refractivity contribution in [3.63, 3.8) is 0 Å². The number of thiazole rings is 1. The zero-order valence-electron chi connectivity index (χ0n) is 17.3. The first kappa shape index (κ1) is 20.4. The van der Waals surface area contributed by atoms with E-state index in [4.69, 9.17) is 9.72 Å². The minimum absolute atomic E-state index is 0.354. The number of ether oxygens (including phenoxy) is 1. The molecule has 1 aromatic carbocycles. The maximum atomic E-state index is 12.5. The lowest BCUT2D eigenvalue weighted by molar-refractivity contribution is -0.133. The fraction of sp³-hybridized carbons (Fsp3) is 0.565. The molecule has 0 bridgehead atoms. The van der Waals surface area contributed by atoms with Gasteiger partial charge in [0.2, 0.25) is 5.91 Å². The summed E-state index contributed by atoms with van der Waals surface area (Å²) < 4.78 is 5.23. The van der Waals surface area contributed by atoms with Crippen LogP contribution >= 0.6 is 11.3 Å². The second kappa shape index (κ2) is 9.72. The third-order valence-corrected chi connectivity index (χ3v) is 7.18. The van der Waals surface area contributed by atoms with E-state index in [0.29, 0.717) is 5.91 Å². The van der Waals surface area contributed by atoms with Gasteiger partial charge >= 0.3 is 0 Å². The van der Waals surface area contributed by atoms with Gasteiger partial charge in [-0.05, 0) is 36.6 Å². The van der Waals surface area contributed by atoms with Crippen molar-refractivity contribution in [3.8, 4) is 16.3 Å². The number of carbonyl (C=O) groups is 1. The third-order valence-electron chi connectivity index (χ3n) is 6.24. The molecule has 1 aromatic heterocycles. The molecule has 29 heavy (non-hydrogen) atoms. The van der Waals surface area contributed by atoms with Crippen molar-refractivity contribution >= 4 is 17.2 Å². The fourth-order valence-corrected chi connectivity index (χ4v) is 5.23. The zero-order chi connectivity index (χ0) is 20.1. The highest BCUT2D eigenvalue weighted by Gasteiger charge is 2.23. The molecule has 1 amide bonds. The van der Waals surface area contributed by atoms with Crippen molar-refractivity contribution in [1.29, 1.82) is 0 Å². The van der Waals surface area contributed by atoms with E-state index in [2.05, 4.69) is 27.3 Å². The lowest BCUT2D eigenvalue weighted by atomic mass is 10.0. The molecule has 6 heteroatoms. The second-order valence-corrected chi connectivity index (χ2v) is 9.08. The maximum Gasteiger partial charge on any atom is 0.222 e. The molecule has 156 valence electrons. The molecule has 0 atom stereocenters. The molecule has 0 unspecified atom stereocenters. The number of hydrogen-bond donors (Lipinski definition) is 0. The highest BCUT2D eigenvalue weighted by molar-refractivity contribution is 7.13. The van der Waals surface area contributed by atoms with E-state index in [0.717, 1.165) is 73.5 Å². The van der Waals surface area contributed by atoms with Crippen LogP contribution in [0.15, 0.2) is 29.6 Å². The number of carbonyl (C=O) groups excluding carboxylic acids is 1. The molecule has 2 heterocycles. The van der Waals surface area contributed by atoms with Crippen LogP contribution in [0, 0.1) is 5.92 Å². The van der Waals surface area contributed by atoms with Crippen LogP contribution < -0.4 is 4.74 Å². The maximum absolute atomic E-state index is 12.5. The van der Waals surface area contributed by atoms with E-state index < -0.39 is 0 Å². The minimum Gasteiger partial charge on any atom is -0.497 e. The van der Waals surface area contributed by atoms with Crippen molar-refractivity contribution in [2.45, 2.75) is 45.1 Å². The molecule has 0 spiro atoms. The molecule has 1 aliphatic carbocycles. The van der Waals surface area contributed by atoms with Crippen LogP contribution in [-0.4, -0.2) is 54.0 Å². The van der Waals surface area contributed by atoms with Crippen molar-refractivity contribution in [2.24, 2.45) is 5.92 Å². The largest absolute Gasteiger partial charge is 0.497 e. The molecular weight excluding hydrogens is 382 g/mol. The van der Waals surface area contributed by atoms with Gasteiger partial charge in [-0.2, -0.15) is 0 Å². The van der Waals surface area contributed by atoms with E-state index in [-0.39, 0.29) is 0 Å². The SMILES string of the molecule is COc1ccc(-c2nc(CN3CCN(C(=O)CCC4CCCC4)CC3)cs2)cc1. The van der Waals surface area contributed by atoms with Gasteiger partial charge in [-0.3, -0.25) is 9.69 Å². The molecular formula is C23H31N3O2S. The number of nitrogens with zero attached hydrogens (tertiary/aromatic N) is 3. The van der Waals surface area contributed by atoms with Gasteiger partial charge in [0.05, 0.1) is 12.8 Å². The quantitative estimate of drug-likeness (QED) is 0.673. The minimum atomic E-state index is 0.354. The molecule has 1 saturated carbocycles. The zero-order valence-corrected chi connectivity index (χ0v) is 18.1. The highest BCUT2D eigenvalue weighted by Crippen LogP contribution is 2.29. The van der Waals surface area contributed by atoms with Crippen LogP contribution in [-0.2, 0) is 11.3 Å². The summed E-state index contributed by atoms with van der Waals surface area (Å²) in [5.74, 6) is 2.01. The predicted octanol–water partition coefficient (Wildman–Crippen LogP) is 4.43. The molecule has 0 radical (unpaired) electrons. The first-order valence-corrected chi connectivity index (χ1v) is 11.7. The van der Waals surface area contributed by atoms with Crippen molar-refractivity contribution in [3.05, 3.63) is 35.3 Å². The van der Waals surface area contributed by atoms with E-state index in [1.807, 2.05) is 12.1 Å². The number of amides is 1. The molecule has 1 aliphatic heterocycles. The number of benzene rings is 1. The molecule has 2 fully saturated rings. The van der Waals surface area contributed by atoms with Crippen molar-refractivity contribution in [1.82, 2.24) is 14.8 Å². The van der Waals surface area contributed by atoms with Crippen molar-refractivity contribution < 1.29 is 9.53 Å². The molecule has 4 rings (SSSR count). The van der Waals surface area contributed by atoms with Crippen LogP contribution in [0.2, 0.25) is 0 Å². The van der Waals surface area contributed by atoms with Gasteiger partial charge in [0.25, 0.3) is 0 Å². The van der Waals surface area contributed by atoms with Gasteiger partial charge in [-0.15, -0.1) is 11.3 Å². The first-order valence-electron chi connectivity index (χ1n) is 10.8. The van der Waals surface area contributed by atoms with Gasteiger partial charge in [0.15, 0.2) is 0 Å². The summed E-state index contributed by atoms with van der Waals surface area (Å²) in [6, 6.07) is 8.05. The summed E-state index contributed by atoms with van der Waals surface area (Å²) in [4.78, 5) is 21.8. The van der Waals surface area contributed by atoms with E-state index >= 15 is 0 Å². The van der Waals surface area contributed by atoms with Crippen LogP contribution in [0.3, 0.4) is 0 Å². The summed E-state index contributed by atoms with van der Waals surface area (Å²) in [7, 11) is 1.68. The normalized spacial score (nSPS) is 18.3. The van der Waals surface area contributed by atoms with E-state index in [1.54, 1.807) is 18.4 Å². The van der Waals surface area contributed by atoms with Gasteiger partial charge < -0.3 is 9.64 Å². The Morgan fingerprint density at radius 2 is 1.86 bits per heavy atom. The Morgan fingerprint density at radius 3 is 2.55 bits per heavy atom. The Labute approximate surface area is 177 Å². The molecule has 2 aliphatic rings. The summed E-state index contributed by atoms with van der Waals surface area (Å²) in [6.07, 6.45) is 7.19. The Balaban J connectivity index is 1.23. The number of aromatic nitrogens is 1. The topological polar surface area (TPSA) is 45.7 Å². The van der Waals surface area contributed by atoms with Gasteiger partial charge in [-0.25, -0.2) is 4.98 Å². The number of methoxy groups -OCH3 is 1. The highest BCUT2D eigenvalue weighted by atomic mass is 32.1. The lowest BCUT2D eigenvalue weighted by Gasteiger charge is -2.34. The van der Waals surface area contributed by atoms with Gasteiger partial charge in [-0.1, -0.05) is 25.7 Å². The Kier molecular flexibility index (Phi) is 6.82. The Bertz CT molecular complexity index is 791. The van der Waals surface area contributed by atoms with Crippen molar-refractivity contribution in [2.75, 3.05) is 33.3 Å². The third kappa shape index (κ3) is 5.37. The molecule has 5 nitrogen and oxygen atoms in total. The molecule has 2 aromatic rings. The second-order valence-electron chi connectivity index (χ2n) is 8.22. The van der Waals surface area contributed by atoms with Crippen LogP contribution in [0.25, 0.3) is 10.6 Å². The lowest BCUT2D eigenvalue weighted by Crippen LogP contribution is -2.48. The summed E-state index contributed by atoms with van der Waals surface area (Å²) in [5, 5.41) is 3.20. The predicted molar refractivity (Wildman–Crippen MR) is 117 cm³/mol. The van der Waals surface area contributed by atoms with Gasteiger partial charge in [0, 0.05) is 50.1 Å². The Hall–Kier alpha value is -1.92. The monoisotopic (exact) mass is 413 g/mol. The number of piperazine rings is 1. The summed E-state index contributed by atoms with van der Waals surface area (Å²) in [5.41, 5.74) is 2.24. The molecule has 1 saturated heterocycles. The smallest absolute Gasteiger partial charge is 0.222 e. The summed E-state index contributed by atoms with van der Waals surface area (Å²) >= 11 is 1.69. The summed E-state index contributed by atoms with van der Waals surface area (Å²) in [6.45, 7) is 4.42. The number of hydrogen-bond acceptors (Lipinski definition) is 5. The van der Waals surface area contributed by atoms with E-state index in [1.165, 1.54) is 25.7 Å². The average molecular weight is 414 g/mol. The number of rotatable bonds is 7. The molecule has 0 N–H and O–H groups in total. The van der Waals surface area contributed by atoms with Crippen LogP contribution in [0.5, 0.6) is 5.75 Å². The van der Waals surface area contributed by atoms with Crippen LogP contribution in [0.4, 0.5) is 0 Å².